The zero-order chi connectivity index (χ0) is 16.4. The van der Waals surface area contributed by atoms with E-state index >= 15 is 0 Å². The minimum atomic E-state index is -0.783. The van der Waals surface area contributed by atoms with E-state index < -0.39 is 22.0 Å². The molecule has 0 saturated heterocycles. The second-order valence-corrected chi connectivity index (χ2v) is 4.66. The molecule has 0 aliphatic rings. The molecule has 0 spiro atoms. The molecule has 0 aromatic carbocycles. The van der Waals surface area contributed by atoms with Crippen molar-refractivity contribution >= 4 is 34.3 Å². The fourth-order valence-electron chi connectivity index (χ4n) is 2.00. The Kier molecular flexibility index (Phi) is 4.41. The van der Waals surface area contributed by atoms with Gasteiger partial charge in [0.1, 0.15) is 11.2 Å². The lowest BCUT2D eigenvalue weighted by molar-refractivity contribution is -0.384. The number of ether oxygens (including phenoxy) is 1. The summed E-state index contributed by atoms with van der Waals surface area (Å²) in [6.07, 6.45) is 1.32. The van der Waals surface area contributed by atoms with Crippen LogP contribution in [-0.4, -0.2) is 27.1 Å². The maximum Gasteiger partial charge on any atom is 0.343 e. The summed E-state index contributed by atoms with van der Waals surface area (Å²) in [5.74, 6) is -0.783. The van der Waals surface area contributed by atoms with E-state index in [1.54, 1.807) is 13.8 Å². The highest BCUT2D eigenvalue weighted by molar-refractivity contribution is 6.31. The van der Waals surface area contributed by atoms with Crippen LogP contribution < -0.4 is 5.43 Å². The van der Waals surface area contributed by atoms with Crippen molar-refractivity contribution in [3.05, 3.63) is 43.3 Å². The normalized spacial score (nSPS) is 10.7. The number of esters is 1. The topological polar surface area (TPSA) is 104 Å². The zero-order valence-electron chi connectivity index (χ0n) is 11.8. The number of nitrogens with zero attached hydrogens (tertiary/aromatic N) is 3. The minimum absolute atomic E-state index is 0.0523. The van der Waals surface area contributed by atoms with Gasteiger partial charge in [0, 0.05) is 18.8 Å². The molecule has 0 radical (unpaired) electrons. The number of fused-ring (bicyclic) bond motifs is 1. The van der Waals surface area contributed by atoms with Gasteiger partial charge >= 0.3 is 11.7 Å². The van der Waals surface area contributed by atoms with Crippen LogP contribution in [-0.2, 0) is 11.3 Å². The highest BCUT2D eigenvalue weighted by Crippen LogP contribution is 2.25. The number of aryl methyl sites for hydroxylation is 1. The third-order valence-electron chi connectivity index (χ3n) is 3.02. The Labute approximate surface area is 129 Å². The quantitative estimate of drug-likeness (QED) is 0.369. The Balaban J connectivity index is 2.85. The van der Waals surface area contributed by atoms with Crippen molar-refractivity contribution in [2.45, 2.75) is 20.4 Å². The van der Waals surface area contributed by atoms with Crippen LogP contribution in [0, 0.1) is 10.1 Å². The molecular weight excluding hydrogens is 314 g/mol. The average molecular weight is 326 g/mol. The molecule has 9 heteroatoms. The fraction of sp³-hybridized carbons (Fsp3) is 0.308. The SMILES string of the molecule is CCOC(=O)c1cn(CC)c2nc(Cl)c([N+](=O)[O-])cc2c1=O. The summed E-state index contributed by atoms with van der Waals surface area (Å²) < 4.78 is 6.34. The smallest absolute Gasteiger partial charge is 0.343 e. The molecule has 0 N–H and O–H groups in total. The van der Waals surface area contributed by atoms with Crippen LogP contribution in [0.4, 0.5) is 5.69 Å². The zero-order valence-corrected chi connectivity index (χ0v) is 12.6. The molecule has 0 amide bonds. The van der Waals surface area contributed by atoms with Gasteiger partial charge in [-0.05, 0) is 13.8 Å². The molecule has 8 nitrogen and oxygen atoms in total. The fourth-order valence-corrected chi connectivity index (χ4v) is 2.20. The molecule has 2 aromatic heterocycles. The Morgan fingerprint density at radius 1 is 1.50 bits per heavy atom. The van der Waals surface area contributed by atoms with Gasteiger partial charge in [0.05, 0.1) is 16.9 Å². The third-order valence-corrected chi connectivity index (χ3v) is 3.29. The van der Waals surface area contributed by atoms with Crippen LogP contribution in [0.2, 0.25) is 5.15 Å². The van der Waals surface area contributed by atoms with E-state index in [0.29, 0.717) is 6.54 Å². The van der Waals surface area contributed by atoms with Gasteiger partial charge in [0.15, 0.2) is 0 Å². The highest BCUT2D eigenvalue weighted by atomic mass is 35.5. The van der Waals surface area contributed by atoms with Gasteiger partial charge in [-0.2, -0.15) is 0 Å². The number of nitro groups is 1. The van der Waals surface area contributed by atoms with Crippen LogP contribution in [0.15, 0.2) is 17.1 Å². The van der Waals surface area contributed by atoms with E-state index in [4.69, 9.17) is 16.3 Å². The molecule has 22 heavy (non-hydrogen) atoms. The Morgan fingerprint density at radius 3 is 2.73 bits per heavy atom. The molecule has 0 bridgehead atoms. The first-order chi connectivity index (χ1) is 10.4. The van der Waals surface area contributed by atoms with Gasteiger partial charge in [-0.3, -0.25) is 14.9 Å². The average Bonchev–Trinajstić information content (AvgIpc) is 2.47. The lowest BCUT2D eigenvalue weighted by Crippen LogP contribution is -2.21. The van der Waals surface area contributed by atoms with Crippen LogP contribution in [0.3, 0.4) is 0 Å². The van der Waals surface area contributed by atoms with Crippen molar-refractivity contribution in [3.63, 3.8) is 0 Å². The maximum atomic E-state index is 12.4. The Morgan fingerprint density at radius 2 is 2.18 bits per heavy atom. The van der Waals surface area contributed by atoms with E-state index in [1.165, 1.54) is 10.8 Å². The first-order valence-electron chi connectivity index (χ1n) is 6.45. The first kappa shape index (κ1) is 15.9. The van der Waals surface area contributed by atoms with Crippen molar-refractivity contribution in [1.29, 1.82) is 0 Å². The molecule has 2 heterocycles. The van der Waals surface area contributed by atoms with E-state index in [0.717, 1.165) is 6.07 Å². The van der Waals surface area contributed by atoms with Crippen molar-refractivity contribution in [2.75, 3.05) is 6.61 Å². The lowest BCUT2D eigenvalue weighted by atomic mass is 10.2. The van der Waals surface area contributed by atoms with Gasteiger partial charge in [0.25, 0.3) is 0 Å². The molecule has 0 atom stereocenters. The van der Waals surface area contributed by atoms with E-state index in [2.05, 4.69) is 4.98 Å². The highest BCUT2D eigenvalue weighted by Gasteiger charge is 2.22. The van der Waals surface area contributed by atoms with Crippen molar-refractivity contribution in [1.82, 2.24) is 9.55 Å². The largest absolute Gasteiger partial charge is 0.462 e. The van der Waals surface area contributed by atoms with Crippen molar-refractivity contribution in [3.8, 4) is 0 Å². The summed E-state index contributed by atoms with van der Waals surface area (Å²) in [6.45, 7) is 3.89. The number of halogens is 1. The minimum Gasteiger partial charge on any atom is -0.462 e. The Bertz CT molecular complexity index is 831. The Hall–Kier alpha value is -2.48. The standard InChI is InChI=1S/C13H12ClN3O5/c1-3-16-6-8(13(19)22-4-2)10(18)7-5-9(17(20)21)11(14)15-12(7)16/h5-6H,3-4H2,1-2H3. The number of aromatic nitrogens is 2. The summed E-state index contributed by atoms with van der Waals surface area (Å²) >= 11 is 5.77. The number of carbonyl (C=O) groups is 1. The predicted molar refractivity (Wildman–Crippen MR) is 79.3 cm³/mol. The second-order valence-electron chi connectivity index (χ2n) is 4.30. The molecule has 0 saturated carbocycles. The lowest BCUT2D eigenvalue weighted by Gasteiger charge is -2.10. The molecule has 0 aliphatic carbocycles. The van der Waals surface area contributed by atoms with Gasteiger partial charge in [-0.15, -0.1) is 0 Å². The molecule has 116 valence electrons. The van der Waals surface area contributed by atoms with Gasteiger partial charge < -0.3 is 9.30 Å². The molecule has 2 rings (SSSR count). The van der Waals surface area contributed by atoms with Crippen molar-refractivity contribution in [2.24, 2.45) is 0 Å². The summed E-state index contributed by atoms with van der Waals surface area (Å²) in [7, 11) is 0. The van der Waals surface area contributed by atoms with Crippen molar-refractivity contribution < 1.29 is 14.5 Å². The predicted octanol–water partition coefficient (Wildman–Crippen LogP) is 2.15. The van der Waals surface area contributed by atoms with Gasteiger partial charge in [-0.1, -0.05) is 11.6 Å². The van der Waals surface area contributed by atoms with Crippen LogP contribution in [0.1, 0.15) is 24.2 Å². The molecule has 0 fully saturated rings. The molecule has 0 unspecified atom stereocenters. The monoisotopic (exact) mass is 325 g/mol. The van der Waals surface area contributed by atoms with E-state index in [-0.39, 0.29) is 28.4 Å². The summed E-state index contributed by atoms with van der Waals surface area (Å²) in [5, 5.41) is 10.6. The second kappa shape index (κ2) is 6.10. The van der Waals surface area contributed by atoms with Crippen LogP contribution in [0.25, 0.3) is 11.0 Å². The number of carbonyl (C=O) groups excluding carboxylic acids is 1. The number of pyridine rings is 2. The summed E-state index contributed by atoms with van der Waals surface area (Å²) in [6, 6.07) is 1.03. The number of hydrogen-bond acceptors (Lipinski definition) is 6. The first-order valence-corrected chi connectivity index (χ1v) is 6.83. The molecular formula is C13H12ClN3O5. The van der Waals surface area contributed by atoms with Crippen LogP contribution in [0.5, 0.6) is 0 Å². The molecule has 2 aromatic rings. The van der Waals surface area contributed by atoms with E-state index in [1.807, 2.05) is 0 Å². The number of hydrogen-bond donors (Lipinski definition) is 0. The van der Waals surface area contributed by atoms with Gasteiger partial charge in [0.2, 0.25) is 10.6 Å². The summed E-state index contributed by atoms with van der Waals surface area (Å²) in [5.41, 5.74) is -1.19. The van der Waals surface area contributed by atoms with Crippen LogP contribution >= 0.6 is 11.6 Å². The third kappa shape index (κ3) is 2.64. The molecule has 0 aliphatic heterocycles. The maximum absolute atomic E-state index is 12.4. The number of rotatable bonds is 4. The van der Waals surface area contributed by atoms with E-state index in [9.17, 15) is 19.7 Å². The summed E-state index contributed by atoms with van der Waals surface area (Å²) in [4.78, 5) is 38.3. The van der Waals surface area contributed by atoms with Gasteiger partial charge in [-0.25, -0.2) is 9.78 Å².